The zero-order valence-corrected chi connectivity index (χ0v) is 13.8. The molecule has 0 bridgehead atoms. The highest BCUT2D eigenvalue weighted by atomic mass is 35.5. The molecule has 6 nitrogen and oxygen atoms in total. The molecule has 120 valence electrons. The molecule has 1 saturated carbocycles. The summed E-state index contributed by atoms with van der Waals surface area (Å²) in [4.78, 5) is 23.2. The maximum Gasteiger partial charge on any atom is 0.511 e. The molecule has 0 N–H and O–H groups in total. The van der Waals surface area contributed by atoms with Crippen molar-refractivity contribution >= 4 is 35.5 Å². The average Bonchev–Trinajstić information content (AvgIpc) is 2.75. The Morgan fingerprint density at radius 2 is 1.48 bits per heavy atom. The fourth-order valence-electron chi connectivity index (χ4n) is 2.12. The largest absolute Gasteiger partial charge is 0.511 e. The fraction of sp³-hybridized carbons (Fsp3) is 0.692. The van der Waals surface area contributed by atoms with Gasteiger partial charge in [0.1, 0.15) is 4.49 Å². The van der Waals surface area contributed by atoms with Crippen LogP contribution in [0.25, 0.3) is 0 Å². The number of rotatable bonds is 5. The van der Waals surface area contributed by atoms with Crippen molar-refractivity contribution < 1.29 is 28.5 Å². The molecule has 1 aliphatic rings. The Morgan fingerprint density at radius 3 is 1.81 bits per heavy atom. The van der Waals surface area contributed by atoms with Gasteiger partial charge in [0.2, 0.25) is 0 Å². The lowest BCUT2D eigenvalue weighted by atomic mass is 10.1. The van der Waals surface area contributed by atoms with Crippen LogP contribution in [0.15, 0.2) is 10.6 Å². The van der Waals surface area contributed by atoms with Crippen LogP contribution in [-0.2, 0) is 18.9 Å². The molecule has 1 unspecified atom stereocenters. The standard InChI is InChI=1S/C13H18Cl2O6/c1-5-18-10(16)20-13(21-11(17)19-6-2)8(7-9(14)15)12(13,3)4/h7-8H,5-6H2,1-4H3. The minimum Gasteiger partial charge on any atom is -0.434 e. The van der Waals surface area contributed by atoms with Gasteiger partial charge in [-0.05, 0) is 19.9 Å². The zero-order valence-electron chi connectivity index (χ0n) is 12.3. The van der Waals surface area contributed by atoms with Crippen LogP contribution in [0.1, 0.15) is 27.7 Å². The molecule has 1 rings (SSSR count). The first kappa shape index (κ1) is 17.9. The van der Waals surface area contributed by atoms with Gasteiger partial charge in [-0.3, -0.25) is 0 Å². The van der Waals surface area contributed by atoms with Crippen molar-refractivity contribution in [3.63, 3.8) is 0 Å². The highest BCUT2D eigenvalue weighted by molar-refractivity contribution is 6.55. The maximum absolute atomic E-state index is 11.6. The molecule has 0 aromatic rings. The summed E-state index contributed by atoms with van der Waals surface area (Å²) in [5, 5.41) is 0. The van der Waals surface area contributed by atoms with Gasteiger partial charge in [-0.1, -0.05) is 37.0 Å². The minimum atomic E-state index is -1.56. The second-order valence-electron chi connectivity index (χ2n) is 4.89. The summed E-state index contributed by atoms with van der Waals surface area (Å²) >= 11 is 11.3. The summed E-state index contributed by atoms with van der Waals surface area (Å²) < 4.78 is 19.8. The van der Waals surface area contributed by atoms with E-state index in [-0.39, 0.29) is 17.7 Å². The monoisotopic (exact) mass is 340 g/mol. The summed E-state index contributed by atoms with van der Waals surface area (Å²) in [6.45, 7) is 7.00. The summed E-state index contributed by atoms with van der Waals surface area (Å²) in [5.74, 6) is -2.07. The molecule has 0 aliphatic heterocycles. The third-order valence-corrected chi connectivity index (χ3v) is 3.54. The van der Waals surface area contributed by atoms with Gasteiger partial charge < -0.3 is 18.9 Å². The van der Waals surface area contributed by atoms with Crippen LogP contribution >= 0.6 is 23.2 Å². The third-order valence-electron chi connectivity index (χ3n) is 3.29. The first-order valence-electron chi connectivity index (χ1n) is 6.45. The summed E-state index contributed by atoms with van der Waals surface area (Å²) in [5.41, 5.74) is -0.721. The fourth-order valence-corrected chi connectivity index (χ4v) is 2.37. The maximum atomic E-state index is 11.6. The first-order valence-corrected chi connectivity index (χ1v) is 7.21. The van der Waals surface area contributed by atoms with E-state index in [0.29, 0.717) is 0 Å². The van der Waals surface area contributed by atoms with E-state index in [9.17, 15) is 9.59 Å². The molecule has 0 heterocycles. The van der Waals surface area contributed by atoms with Crippen LogP contribution in [0, 0.1) is 11.3 Å². The van der Waals surface area contributed by atoms with Crippen LogP contribution in [0.5, 0.6) is 0 Å². The minimum absolute atomic E-state index is 0.0186. The van der Waals surface area contributed by atoms with E-state index in [2.05, 4.69) is 0 Å². The molecule has 1 aliphatic carbocycles. The zero-order chi connectivity index (χ0) is 16.3. The number of hydrogen-bond donors (Lipinski definition) is 0. The average molecular weight is 341 g/mol. The molecule has 0 aromatic heterocycles. The van der Waals surface area contributed by atoms with Gasteiger partial charge in [0.15, 0.2) is 0 Å². The first-order chi connectivity index (χ1) is 9.71. The molecule has 8 heteroatoms. The van der Waals surface area contributed by atoms with Crippen molar-refractivity contribution in [3.05, 3.63) is 10.6 Å². The molecule has 0 aromatic carbocycles. The summed E-state index contributed by atoms with van der Waals surface area (Å²) in [7, 11) is 0. The van der Waals surface area contributed by atoms with Crippen LogP contribution in [0.4, 0.5) is 9.59 Å². The van der Waals surface area contributed by atoms with E-state index in [1.54, 1.807) is 27.7 Å². The second-order valence-corrected chi connectivity index (χ2v) is 5.90. The van der Waals surface area contributed by atoms with Crippen LogP contribution in [0.3, 0.4) is 0 Å². The highest BCUT2D eigenvalue weighted by Crippen LogP contribution is 2.66. The smallest absolute Gasteiger partial charge is 0.434 e. The van der Waals surface area contributed by atoms with E-state index in [1.165, 1.54) is 6.08 Å². The Bertz CT molecular complexity index is 422. The molecule has 0 amide bonds. The van der Waals surface area contributed by atoms with Crippen molar-refractivity contribution in [1.82, 2.24) is 0 Å². The van der Waals surface area contributed by atoms with E-state index in [1.807, 2.05) is 0 Å². The molecular weight excluding hydrogens is 323 g/mol. The van der Waals surface area contributed by atoms with Crippen molar-refractivity contribution in [2.45, 2.75) is 33.5 Å². The van der Waals surface area contributed by atoms with Gasteiger partial charge in [0.25, 0.3) is 5.79 Å². The topological polar surface area (TPSA) is 71.1 Å². The van der Waals surface area contributed by atoms with E-state index >= 15 is 0 Å². The van der Waals surface area contributed by atoms with Crippen LogP contribution < -0.4 is 0 Å². The molecule has 0 radical (unpaired) electrons. The van der Waals surface area contributed by atoms with Crippen molar-refractivity contribution in [2.75, 3.05) is 13.2 Å². The number of carbonyl (C=O) groups is 2. The van der Waals surface area contributed by atoms with Gasteiger partial charge in [-0.2, -0.15) is 0 Å². The van der Waals surface area contributed by atoms with Gasteiger partial charge in [-0.25, -0.2) is 9.59 Å². The SMILES string of the molecule is CCOC(=O)OC1(OC(=O)OCC)C(C=C(Cl)Cl)C1(C)C. The number of ether oxygens (including phenoxy) is 4. The van der Waals surface area contributed by atoms with Crippen molar-refractivity contribution in [3.8, 4) is 0 Å². The van der Waals surface area contributed by atoms with Gasteiger partial charge >= 0.3 is 12.3 Å². The molecule has 1 fully saturated rings. The lowest BCUT2D eigenvalue weighted by Gasteiger charge is -2.20. The highest BCUT2D eigenvalue weighted by Gasteiger charge is 2.78. The Kier molecular flexibility index (Phi) is 5.75. The normalized spacial score (nSPS) is 21.0. The molecular formula is C13H18Cl2O6. The Hall–Kier alpha value is -1.14. The van der Waals surface area contributed by atoms with Gasteiger partial charge in [0.05, 0.1) is 24.5 Å². The second kappa shape index (κ2) is 6.75. The molecule has 0 saturated heterocycles. The molecule has 1 atom stereocenters. The molecule has 21 heavy (non-hydrogen) atoms. The van der Waals surface area contributed by atoms with Gasteiger partial charge in [-0.15, -0.1) is 0 Å². The summed E-state index contributed by atoms with van der Waals surface area (Å²) in [6, 6.07) is 0. The lowest BCUT2D eigenvalue weighted by Crippen LogP contribution is -2.32. The van der Waals surface area contributed by atoms with Gasteiger partial charge in [0, 0.05) is 0 Å². The van der Waals surface area contributed by atoms with Crippen molar-refractivity contribution in [2.24, 2.45) is 11.3 Å². The van der Waals surface area contributed by atoms with Crippen LogP contribution in [0.2, 0.25) is 0 Å². The number of carbonyl (C=O) groups excluding carboxylic acids is 2. The van der Waals surface area contributed by atoms with E-state index < -0.39 is 29.4 Å². The Balaban J connectivity index is 2.99. The predicted molar refractivity (Wildman–Crippen MR) is 76.0 cm³/mol. The third kappa shape index (κ3) is 3.74. The predicted octanol–water partition coefficient (Wildman–Crippen LogP) is 4.00. The number of hydrogen-bond acceptors (Lipinski definition) is 6. The van der Waals surface area contributed by atoms with E-state index in [4.69, 9.17) is 42.1 Å². The Labute approximate surface area is 133 Å². The quantitative estimate of drug-likeness (QED) is 0.556. The lowest BCUT2D eigenvalue weighted by molar-refractivity contribution is -0.146. The summed E-state index contributed by atoms with van der Waals surface area (Å²) in [6.07, 6.45) is -0.449. The van der Waals surface area contributed by atoms with E-state index in [0.717, 1.165) is 0 Å². The number of halogens is 2. The Morgan fingerprint density at radius 1 is 1.05 bits per heavy atom. The van der Waals surface area contributed by atoms with Crippen LogP contribution in [-0.4, -0.2) is 31.3 Å². The molecule has 0 spiro atoms. The van der Waals surface area contributed by atoms with Crippen molar-refractivity contribution in [1.29, 1.82) is 0 Å².